The second-order valence-electron chi connectivity index (χ2n) is 1.82. The number of aromatic nitrogens is 1. The summed E-state index contributed by atoms with van der Waals surface area (Å²) < 4.78 is 1.04. The molecule has 0 saturated carbocycles. The lowest BCUT2D eigenvalue weighted by atomic mass is 10.3. The van der Waals surface area contributed by atoms with Crippen molar-refractivity contribution in [2.75, 3.05) is 0 Å². The van der Waals surface area contributed by atoms with Gasteiger partial charge in [0.1, 0.15) is 4.64 Å². The summed E-state index contributed by atoms with van der Waals surface area (Å²) in [5.74, 6) is 0. The third-order valence-corrected chi connectivity index (χ3v) is 1.61. The Balaban J connectivity index is 3.43. The molecular weight excluding hydrogens is 134 g/mol. The molecule has 1 aromatic rings. The zero-order valence-corrected chi connectivity index (χ0v) is 5.81. The molecule has 9 heavy (non-hydrogen) atoms. The van der Waals surface area contributed by atoms with Crippen LogP contribution in [0.5, 0.6) is 0 Å². The maximum atomic E-state index is 10.7. The third-order valence-electron chi connectivity index (χ3n) is 1.11. The highest BCUT2D eigenvalue weighted by molar-refractivity contribution is 7.71. The predicted octanol–water partition coefficient (Wildman–Crippen LogP) is 1.87. The highest BCUT2D eigenvalue weighted by Gasteiger charge is 1.83. The summed E-state index contributed by atoms with van der Waals surface area (Å²) in [7, 11) is 0. The first-order valence-electron chi connectivity index (χ1n) is 2.57. The van der Waals surface area contributed by atoms with Crippen molar-refractivity contribution in [2.45, 2.75) is 6.92 Å². The minimum Gasteiger partial charge on any atom is -0.805 e. The fraction of sp³-hybridized carbons (Fsp3) is 0.167. The van der Waals surface area contributed by atoms with Crippen LogP contribution < -0.4 is 0 Å². The van der Waals surface area contributed by atoms with E-state index in [0.29, 0.717) is 9.37 Å². The fourth-order valence-corrected chi connectivity index (χ4v) is 0.707. The summed E-state index contributed by atoms with van der Waals surface area (Å²) in [5.41, 5.74) is 0.850. The normalized spacial score (nSPS) is 9.44. The van der Waals surface area contributed by atoms with Crippen LogP contribution in [0.1, 0.15) is 5.56 Å². The van der Waals surface area contributed by atoms with E-state index in [1.807, 2.05) is 13.0 Å². The van der Waals surface area contributed by atoms with E-state index in [2.05, 4.69) is 0 Å². The number of hydrogen-bond acceptors (Lipinski definition) is 2. The Morgan fingerprint density at radius 1 is 1.67 bits per heavy atom. The molecule has 0 bridgehead atoms. The summed E-state index contributed by atoms with van der Waals surface area (Å²) >= 11 is 4.74. The lowest BCUT2D eigenvalue weighted by molar-refractivity contribution is 1.02. The van der Waals surface area contributed by atoms with Gasteiger partial charge in [-0.1, -0.05) is 18.3 Å². The minimum atomic E-state index is 0.359. The average Bonchev–Trinajstić information content (AvgIpc) is 1.83. The molecular formula is C6H6NOS-. The summed E-state index contributed by atoms with van der Waals surface area (Å²) in [5, 5.41) is 10.7. The van der Waals surface area contributed by atoms with Gasteiger partial charge in [-0.15, -0.1) is 0 Å². The SMILES string of the molecule is Cc1cccn([O-])c1=S. The van der Waals surface area contributed by atoms with Crippen molar-refractivity contribution < 1.29 is 0 Å². The van der Waals surface area contributed by atoms with Crippen molar-refractivity contribution in [3.63, 3.8) is 0 Å². The Kier molecular flexibility index (Phi) is 1.53. The lowest BCUT2D eigenvalue weighted by Crippen LogP contribution is -1.89. The molecule has 2 nitrogen and oxygen atoms in total. The van der Waals surface area contributed by atoms with E-state index >= 15 is 0 Å². The molecule has 0 spiro atoms. The van der Waals surface area contributed by atoms with Crippen molar-refractivity contribution in [3.05, 3.63) is 33.7 Å². The molecule has 0 unspecified atom stereocenters. The third kappa shape index (κ3) is 1.10. The average molecular weight is 140 g/mol. The van der Waals surface area contributed by atoms with Gasteiger partial charge in [0.25, 0.3) is 0 Å². The highest BCUT2D eigenvalue weighted by Crippen LogP contribution is 1.98. The van der Waals surface area contributed by atoms with E-state index in [1.54, 1.807) is 6.07 Å². The summed E-state index contributed by atoms with van der Waals surface area (Å²) in [4.78, 5) is 0. The van der Waals surface area contributed by atoms with Crippen LogP contribution in [0.2, 0.25) is 0 Å². The summed E-state index contributed by atoms with van der Waals surface area (Å²) in [6, 6.07) is 3.49. The van der Waals surface area contributed by atoms with Crippen molar-refractivity contribution in [1.82, 2.24) is 4.73 Å². The van der Waals surface area contributed by atoms with Crippen LogP contribution in [0, 0.1) is 16.8 Å². The molecule has 0 aliphatic rings. The topological polar surface area (TPSA) is 28.0 Å². The van der Waals surface area contributed by atoms with Gasteiger partial charge in [-0.25, -0.2) is 0 Å². The van der Waals surface area contributed by atoms with Gasteiger partial charge in [0.15, 0.2) is 0 Å². The molecule has 0 amide bonds. The molecule has 0 aliphatic heterocycles. The van der Waals surface area contributed by atoms with Gasteiger partial charge in [0.2, 0.25) is 0 Å². The monoisotopic (exact) mass is 140 g/mol. The molecule has 1 aromatic heterocycles. The van der Waals surface area contributed by atoms with E-state index in [4.69, 9.17) is 12.2 Å². The van der Waals surface area contributed by atoms with Gasteiger partial charge in [0, 0.05) is 0 Å². The van der Waals surface area contributed by atoms with Crippen molar-refractivity contribution in [2.24, 2.45) is 0 Å². The molecule has 0 fully saturated rings. The number of nitrogens with zero attached hydrogens (tertiary/aromatic N) is 1. The zero-order valence-electron chi connectivity index (χ0n) is 5.00. The standard InChI is InChI=1S/C6H6NOS/c1-5-3-2-4-7(8)6(5)9/h2-4H,1H3/q-1. The molecule has 0 saturated heterocycles. The van der Waals surface area contributed by atoms with Crippen LogP contribution in [0.3, 0.4) is 0 Å². The molecule has 48 valence electrons. The molecule has 0 aromatic carbocycles. The Morgan fingerprint density at radius 2 is 2.33 bits per heavy atom. The van der Waals surface area contributed by atoms with Gasteiger partial charge < -0.3 is 9.94 Å². The van der Waals surface area contributed by atoms with Gasteiger partial charge >= 0.3 is 0 Å². The Hall–Kier alpha value is -0.830. The molecule has 0 atom stereocenters. The number of pyridine rings is 1. The first-order valence-corrected chi connectivity index (χ1v) is 2.98. The van der Waals surface area contributed by atoms with Gasteiger partial charge in [-0.05, 0) is 24.8 Å². The van der Waals surface area contributed by atoms with E-state index in [-0.39, 0.29) is 0 Å². The lowest BCUT2D eigenvalue weighted by Gasteiger charge is -2.09. The Bertz CT molecular complexity index is 243. The van der Waals surface area contributed by atoms with Gasteiger partial charge in [-0.2, -0.15) is 0 Å². The smallest absolute Gasteiger partial charge is 0.104 e. The quantitative estimate of drug-likeness (QED) is 0.514. The summed E-state index contributed by atoms with van der Waals surface area (Å²) in [6.45, 7) is 1.82. The molecule has 0 N–H and O–H groups in total. The van der Waals surface area contributed by atoms with Crippen LogP contribution in [-0.4, -0.2) is 4.73 Å². The van der Waals surface area contributed by atoms with Gasteiger partial charge in [-0.3, -0.25) is 0 Å². The maximum Gasteiger partial charge on any atom is 0.104 e. The van der Waals surface area contributed by atoms with Crippen LogP contribution in [0.25, 0.3) is 0 Å². The Morgan fingerprint density at radius 3 is 2.78 bits per heavy atom. The van der Waals surface area contributed by atoms with E-state index < -0.39 is 0 Å². The molecule has 3 heteroatoms. The number of aryl methyl sites for hydroxylation is 1. The molecule has 0 aliphatic carbocycles. The van der Waals surface area contributed by atoms with E-state index in [0.717, 1.165) is 5.56 Å². The van der Waals surface area contributed by atoms with Crippen LogP contribution in [0.15, 0.2) is 18.3 Å². The number of hydrogen-bond donors (Lipinski definition) is 0. The minimum absolute atomic E-state index is 0.359. The van der Waals surface area contributed by atoms with Crippen molar-refractivity contribution in [3.8, 4) is 0 Å². The zero-order chi connectivity index (χ0) is 6.85. The second kappa shape index (κ2) is 2.19. The predicted molar refractivity (Wildman–Crippen MR) is 38.8 cm³/mol. The highest BCUT2D eigenvalue weighted by atomic mass is 32.1. The first kappa shape index (κ1) is 6.29. The number of rotatable bonds is 0. The van der Waals surface area contributed by atoms with Crippen LogP contribution in [0.4, 0.5) is 0 Å². The molecule has 1 rings (SSSR count). The molecule has 0 radical (unpaired) electrons. The van der Waals surface area contributed by atoms with Crippen LogP contribution >= 0.6 is 12.2 Å². The summed E-state index contributed by atoms with van der Waals surface area (Å²) in [6.07, 6.45) is 1.40. The maximum absolute atomic E-state index is 10.7. The van der Waals surface area contributed by atoms with Crippen LogP contribution in [-0.2, 0) is 0 Å². The first-order chi connectivity index (χ1) is 4.22. The van der Waals surface area contributed by atoms with Crippen molar-refractivity contribution >= 4 is 12.2 Å². The van der Waals surface area contributed by atoms with E-state index in [1.165, 1.54) is 6.20 Å². The van der Waals surface area contributed by atoms with Crippen molar-refractivity contribution in [1.29, 1.82) is 0 Å². The van der Waals surface area contributed by atoms with E-state index in [9.17, 15) is 5.21 Å². The largest absolute Gasteiger partial charge is 0.805 e. The fourth-order valence-electron chi connectivity index (χ4n) is 0.578. The molecule has 1 heterocycles. The van der Waals surface area contributed by atoms with Gasteiger partial charge in [0.05, 0.1) is 0 Å². The second-order valence-corrected chi connectivity index (χ2v) is 2.21. The Labute approximate surface area is 58.3 Å².